The van der Waals surface area contributed by atoms with Crippen LogP contribution in [0.2, 0.25) is 0 Å². The van der Waals surface area contributed by atoms with Crippen molar-refractivity contribution in [3.05, 3.63) is 35.9 Å². The molecule has 0 aliphatic heterocycles. The van der Waals surface area contributed by atoms with Gasteiger partial charge in [-0.25, -0.2) is 0 Å². The molecule has 1 amide bonds. The van der Waals surface area contributed by atoms with Crippen LogP contribution in [0.5, 0.6) is 5.75 Å². The number of esters is 1. The standard InChI is InChI=1S/C20H29NO5/c1-4-15-26-18-9-6-17(7-10-18)8-11-19(22)21(14-16-24-3)13-12-20(23)25-5-2/h6-11H,4-5,12-16H2,1-3H3/b11-8+. The van der Waals surface area contributed by atoms with E-state index in [-0.39, 0.29) is 18.3 Å². The van der Waals surface area contributed by atoms with Crippen LogP contribution in [-0.2, 0) is 19.1 Å². The summed E-state index contributed by atoms with van der Waals surface area (Å²) in [6, 6.07) is 7.55. The third-order valence-electron chi connectivity index (χ3n) is 3.54. The molecule has 6 nitrogen and oxygen atoms in total. The molecule has 0 saturated carbocycles. The molecule has 0 spiro atoms. The summed E-state index contributed by atoms with van der Waals surface area (Å²) in [5.41, 5.74) is 0.902. The number of hydrogen-bond acceptors (Lipinski definition) is 5. The van der Waals surface area contributed by atoms with Gasteiger partial charge in [0.1, 0.15) is 5.75 Å². The molecule has 0 saturated heterocycles. The summed E-state index contributed by atoms with van der Waals surface area (Å²) in [6.07, 6.45) is 4.37. The fourth-order valence-electron chi connectivity index (χ4n) is 2.16. The lowest BCUT2D eigenvalue weighted by atomic mass is 10.2. The molecule has 0 N–H and O–H groups in total. The second kappa shape index (κ2) is 12.9. The minimum Gasteiger partial charge on any atom is -0.494 e. The lowest BCUT2D eigenvalue weighted by Gasteiger charge is -2.20. The maximum absolute atomic E-state index is 12.4. The van der Waals surface area contributed by atoms with Crippen LogP contribution in [0.3, 0.4) is 0 Å². The molecule has 0 fully saturated rings. The second-order valence-electron chi connectivity index (χ2n) is 5.62. The molecule has 0 atom stereocenters. The number of carbonyl (C=O) groups is 2. The van der Waals surface area contributed by atoms with Crippen molar-refractivity contribution in [1.29, 1.82) is 0 Å². The van der Waals surface area contributed by atoms with Crippen LogP contribution in [0.25, 0.3) is 6.08 Å². The van der Waals surface area contributed by atoms with Gasteiger partial charge >= 0.3 is 5.97 Å². The molecule has 0 aliphatic carbocycles. The predicted octanol–water partition coefficient (Wildman–Crippen LogP) is 2.92. The molecule has 0 radical (unpaired) electrons. The Bertz CT molecular complexity index is 568. The zero-order valence-electron chi connectivity index (χ0n) is 15.9. The van der Waals surface area contributed by atoms with E-state index in [4.69, 9.17) is 14.2 Å². The minimum atomic E-state index is -0.311. The molecule has 0 heterocycles. The summed E-state index contributed by atoms with van der Waals surface area (Å²) < 4.78 is 15.5. The average molecular weight is 363 g/mol. The van der Waals surface area contributed by atoms with Gasteiger partial charge in [0, 0.05) is 26.3 Å². The van der Waals surface area contributed by atoms with E-state index in [1.165, 1.54) is 6.08 Å². The molecule has 0 unspecified atom stereocenters. The first kappa shape index (κ1) is 21.7. The van der Waals surface area contributed by atoms with Crippen molar-refractivity contribution in [2.45, 2.75) is 26.7 Å². The molecule has 1 rings (SSSR count). The van der Waals surface area contributed by atoms with Crippen LogP contribution in [0.1, 0.15) is 32.3 Å². The molecule has 26 heavy (non-hydrogen) atoms. The van der Waals surface area contributed by atoms with Gasteiger partial charge in [0.15, 0.2) is 0 Å². The largest absolute Gasteiger partial charge is 0.494 e. The quantitative estimate of drug-likeness (QED) is 0.422. The van der Waals surface area contributed by atoms with Gasteiger partial charge in [0.2, 0.25) is 5.91 Å². The van der Waals surface area contributed by atoms with Gasteiger partial charge in [-0.1, -0.05) is 19.1 Å². The van der Waals surface area contributed by atoms with Crippen molar-refractivity contribution in [3.63, 3.8) is 0 Å². The van der Waals surface area contributed by atoms with Crippen molar-refractivity contribution in [3.8, 4) is 5.75 Å². The van der Waals surface area contributed by atoms with Crippen molar-refractivity contribution in [2.24, 2.45) is 0 Å². The van der Waals surface area contributed by atoms with E-state index in [1.54, 1.807) is 25.0 Å². The van der Waals surface area contributed by atoms with E-state index >= 15 is 0 Å². The van der Waals surface area contributed by atoms with Crippen LogP contribution < -0.4 is 4.74 Å². The Morgan fingerprint density at radius 3 is 2.42 bits per heavy atom. The van der Waals surface area contributed by atoms with Crippen LogP contribution in [0, 0.1) is 0 Å². The Morgan fingerprint density at radius 1 is 1.08 bits per heavy atom. The van der Waals surface area contributed by atoms with E-state index in [1.807, 2.05) is 24.3 Å². The van der Waals surface area contributed by atoms with Crippen LogP contribution in [0.4, 0.5) is 0 Å². The van der Waals surface area contributed by atoms with Gasteiger partial charge in [-0.15, -0.1) is 0 Å². The molecule has 0 aliphatic rings. The highest BCUT2D eigenvalue weighted by Gasteiger charge is 2.13. The Morgan fingerprint density at radius 2 is 1.81 bits per heavy atom. The van der Waals surface area contributed by atoms with E-state index in [9.17, 15) is 9.59 Å². The van der Waals surface area contributed by atoms with Crippen molar-refractivity contribution < 1.29 is 23.8 Å². The molecular weight excluding hydrogens is 334 g/mol. The summed E-state index contributed by atoms with van der Waals surface area (Å²) in [4.78, 5) is 25.5. The van der Waals surface area contributed by atoms with Gasteiger partial charge < -0.3 is 19.1 Å². The summed E-state index contributed by atoms with van der Waals surface area (Å²) in [7, 11) is 1.58. The highest BCUT2D eigenvalue weighted by molar-refractivity contribution is 5.92. The SMILES string of the molecule is CCCOc1ccc(/C=C/C(=O)N(CCOC)CCC(=O)OCC)cc1. The minimum absolute atomic E-state index is 0.167. The topological polar surface area (TPSA) is 65.1 Å². The normalized spacial score (nSPS) is 10.7. The number of carbonyl (C=O) groups excluding carboxylic acids is 2. The number of methoxy groups -OCH3 is 1. The van der Waals surface area contributed by atoms with Gasteiger partial charge in [-0.3, -0.25) is 9.59 Å². The summed E-state index contributed by atoms with van der Waals surface area (Å²) in [5, 5.41) is 0. The summed E-state index contributed by atoms with van der Waals surface area (Å²) >= 11 is 0. The maximum atomic E-state index is 12.4. The fraction of sp³-hybridized carbons (Fsp3) is 0.500. The van der Waals surface area contributed by atoms with Crippen LogP contribution >= 0.6 is 0 Å². The summed E-state index contributed by atoms with van der Waals surface area (Å²) in [6.45, 7) is 5.96. The van der Waals surface area contributed by atoms with Crippen molar-refractivity contribution >= 4 is 18.0 Å². The fourth-order valence-corrected chi connectivity index (χ4v) is 2.16. The first-order valence-electron chi connectivity index (χ1n) is 8.95. The Labute approximate surface area is 155 Å². The molecular formula is C20H29NO5. The van der Waals surface area contributed by atoms with Crippen LogP contribution in [0.15, 0.2) is 30.3 Å². The first-order valence-corrected chi connectivity index (χ1v) is 8.95. The zero-order chi connectivity index (χ0) is 19.2. The maximum Gasteiger partial charge on any atom is 0.307 e. The molecule has 1 aromatic rings. The number of nitrogens with zero attached hydrogens (tertiary/aromatic N) is 1. The zero-order valence-corrected chi connectivity index (χ0v) is 15.9. The van der Waals surface area contributed by atoms with Gasteiger partial charge in [-0.2, -0.15) is 0 Å². The monoisotopic (exact) mass is 363 g/mol. The number of rotatable bonds is 12. The predicted molar refractivity (Wildman–Crippen MR) is 101 cm³/mol. The highest BCUT2D eigenvalue weighted by Crippen LogP contribution is 2.13. The Kier molecular flexibility index (Phi) is 10.8. The molecule has 1 aromatic carbocycles. The van der Waals surface area contributed by atoms with Gasteiger partial charge in [0.25, 0.3) is 0 Å². The molecule has 144 valence electrons. The summed E-state index contributed by atoms with van der Waals surface area (Å²) in [5.74, 6) is 0.332. The van der Waals surface area contributed by atoms with E-state index in [2.05, 4.69) is 6.92 Å². The number of hydrogen-bond donors (Lipinski definition) is 0. The smallest absolute Gasteiger partial charge is 0.307 e. The second-order valence-corrected chi connectivity index (χ2v) is 5.62. The first-order chi connectivity index (χ1) is 12.6. The van der Waals surface area contributed by atoms with E-state index in [0.29, 0.717) is 32.9 Å². The van der Waals surface area contributed by atoms with Crippen molar-refractivity contribution in [2.75, 3.05) is 40.0 Å². The number of benzene rings is 1. The lowest BCUT2D eigenvalue weighted by Crippen LogP contribution is -2.34. The van der Waals surface area contributed by atoms with E-state index < -0.39 is 0 Å². The highest BCUT2D eigenvalue weighted by atomic mass is 16.5. The third kappa shape index (κ3) is 8.67. The molecule has 0 aromatic heterocycles. The molecule has 0 bridgehead atoms. The third-order valence-corrected chi connectivity index (χ3v) is 3.54. The average Bonchev–Trinajstić information content (AvgIpc) is 2.65. The van der Waals surface area contributed by atoms with Gasteiger partial charge in [0.05, 0.1) is 26.2 Å². The van der Waals surface area contributed by atoms with E-state index in [0.717, 1.165) is 17.7 Å². The number of amides is 1. The molecule has 6 heteroatoms. The van der Waals surface area contributed by atoms with Crippen molar-refractivity contribution in [1.82, 2.24) is 4.90 Å². The lowest BCUT2D eigenvalue weighted by molar-refractivity contribution is -0.143. The Hall–Kier alpha value is -2.34. The van der Waals surface area contributed by atoms with Crippen LogP contribution in [-0.4, -0.2) is 56.8 Å². The van der Waals surface area contributed by atoms with Gasteiger partial charge in [-0.05, 0) is 37.1 Å². The number of ether oxygens (including phenoxy) is 3. The Balaban J connectivity index is 2.62.